The molecule has 2 heterocycles. The van der Waals surface area contributed by atoms with E-state index in [1.165, 1.54) is 11.9 Å². The first kappa shape index (κ1) is 26.7. The number of likely N-dealkylation sites (tertiary alicyclic amines) is 1. The third kappa shape index (κ3) is 3.32. The Morgan fingerprint density at radius 2 is 1.61 bits per heavy atom. The fourth-order valence-corrected chi connectivity index (χ4v) is 8.71. The van der Waals surface area contributed by atoms with Gasteiger partial charge >= 0.3 is 0 Å². The summed E-state index contributed by atoms with van der Waals surface area (Å²) < 4.78 is 0.808. The molecule has 1 N–H and O–H groups in total. The average molecular weight is 654 g/mol. The van der Waals surface area contributed by atoms with Gasteiger partial charge in [0.15, 0.2) is 9.75 Å². The number of carbonyl (C=O) groups is 4. The molecule has 6 atom stereocenters. The zero-order valence-electron chi connectivity index (χ0n) is 21.7. The van der Waals surface area contributed by atoms with Gasteiger partial charge in [-0.1, -0.05) is 64.0 Å². The molecule has 4 aliphatic rings. The molecule has 0 unspecified atom stereocenters. The summed E-state index contributed by atoms with van der Waals surface area (Å²) in [4.78, 5) is 53.4. The van der Waals surface area contributed by atoms with Crippen LogP contribution in [0.2, 0.25) is 0 Å². The number of fused-ring (bicyclic) bond motifs is 5. The van der Waals surface area contributed by atoms with E-state index in [0.717, 1.165) is 14.8 Å². The van der Waals surface area contributed by atoms with Crippen LogP contribution in [-0.2, 0) is 19.2 Å². The Hall–Kier alpha value is -3.20. The van der Waals surface area contributed by atoms with E-state index in [4.69, 9.17) is 23.2 Å². The molecule has 0 aromatic heterocycles. The molecule has 3 fully saturated rings. The van der Waals surface area contributed by atoms with E-state index in [1.807, 2.05) is 24.3 Å². The molecule has 0 spiro atoms. The van der Waals surface area contributed by atoms with Crippen LogP contribution < -0.4 is 4.90 Å². The molecular formula is C31H23BrCl2N2O5. The van der Waals surface area contributed by atoms with E-state index in [2.05, 4.69) is 15.9 Å². The number of carbonyl (C=O) groups excluding carboxylic acids is 4. The van der Waals surface area contributed by atoms with Crippen molar-refractivity contribution in [1.29, 1.82) is 0 Å². The third-order valence-corrected chi connectivity index (χ3v) is 11.3. The second kappa shape index (κ2) is 8.90. The summed E-state index contributed by atoms with van der Waals surface area (Å²) in [7, 11) is 1.34. The van der Waals surface area contributed by atoms with Crippen molar-refractivity contribution in [2.75, 3.05) is 11.9 Å². The monoisotopic (exact) mass is 652 g/mol. The second-order valence-electron chi connectivity index (χ2n) is 11.2. The topological polar surface area (TPSA) is 95.0 Å². The van der Waals surface area contributed by atoms with Crippen molar-refractivity contribution < 1.29 is 24.3 Å². The van der Waals surface area contributed by atoms with Crippen LogP contribution in [0.15, 0.2) is 76.8 Å². The van der Waals surface area contributed by atoms with E-state index in [1.54, 1.807) is 42.5 Å². The lowest BCUT2D eigenvalue weighted by molar-refractivity contribution is -0.138. The molecule has 3 aromatic rings. The van der Waals surface area contributed by atoms with Gasteiger partial charge < -0.3 is 5.11 Å². The first-order valence-electron chi connectivity index (χ1n) is 13.2. The molecular weight excluding hydrogens is 631 g/mol. The normalized spacial score (nSPS) is 32.7. The number of phenols is 1. The van der Waals surface area contributed by atoms with Crippen LogP contribution in [0.3, 0.4) is 0 Å². The molecule has 4 amide bonds. The molecule has 7 rings (SSSR count). The number of phenolic OH excluding ortho intramolecular Hbond substituents is 1. The maximum atomic E-state index is 14.0. The van der Waals surface area contributed by atoms with Crippen LogP contribution in [0.5, 0.6) is 5.75 Å². The average Bonchev–Trinajstić information content (AvgIpc) is 3.29. The fourth-order valence-electron chi connectivity index (χ4n) is 7.44. The Balaban J connectivity index is 1.42. The largest absolute Gasteiger partial charge is 0.507 e. The van der Waals surface area contributed by atoms with E-state index in [9.17, 15) is 24.3 Å². The number of benzene rings is 3. The van der Waals surface area contributed by atoms with Crippen molar-refractivity contribution in [1.82, 2.24) is 4.90 Å². The zero-order valence-corrected chi connectivity index (χ0v) is 24.8. The van der Waals surface area contributed by atoms with Crippen LogP contribution in [0.25, 0.3) is 10.8 Å². The smallest absolute Gasteiger partial charge is 0.253 e. The summed E-state index contributed by atoms with van der Waals surface area (Å²) in [6, 6.07) is 17.7. The van der Waals surface area contributed by atoms with E-state index >= 15 is 0 Å². The molecule has 1 saturated carbocycles. The summed E-state index contributed by atoms with van der Waals surface area (Å²) in [6.45, 7) is 0. The summed E-state index contributed by atoms with van der Waals surface area (Å²) in [5, 5.41) is 12.9. The number of rotatable bonds is 2. The molecule has 208 valence electrons. The van der Waals surface area contributed by atoms with E-state index in [-0.39, 0.29) is 30.4 Å². The van der Waals surface area contributed by atoms with Gasteiger partial charge in [-0.05, 0) is 48.4 Å². The molecule has 0 bridgehead atoms. The predicted octanol–water partition coefficient (Wildman–Crippen LogP) is 5.50. The first-order valence-corrected chi connectivity index (χ1v) is 14.8. The Morgan fingerprint density at radius 1 is 0.902 bits per heavy atom. The maximum absolute atomic E-state index is 14.0. The molecule has 0 radical (unpaired) electrons. The van der Waals surface area contributed by atoms with Crippen LogP contribution >= 0.6 is 39.1 Å². The molecule has 3 aromatic carbocycles. The minimum absolute atomic E-state index is 0.0732. The fraction of sp³-hybridized carbons (Fsp3) is 0.290. The molecule has 2 aliphatic heterocycles. The van der Waals surface area contributed by atoms with Gasteiger partial charge in [0.1, 0.15) is 5.75 Å². The SMILES string of the molecule is CN1C(=O)[C@]2(Cl)C[C@@H]3C(=CC[C@@H]4C(=O)N(c5ccc(Br)cc5)C(=O)[C@@H]43)[C@H](c3ccc4ccccc4c3O)[C@]2(Cl)C1=O. The number of allylic oxidation sites excluding steroid dienone is 2. The number of hydrogen-bond acceptors (Lipinski definition) is 5. The van der Waals surface area contributed by atoms with E-state index < -0.39 is 45.2 Å². The lowest BCUT2D eigenvalue weighted by Gasteiger charge is -2.50. The number of nitrogens with zero attached hydrogens (tertiary/aromatic N) is 2. The van der Waals surface area contributed by atoms with Crippen molar-refractivity contribution in [3.8, 4) is 5.75 Å². The Morgan fingerprint density at radius 3 is 2.34 bits per heavy atom. The predicted molar refractivity (Wildman–Crippen MR) is 158 cm³/mol. The lowest BCUT2D eigenvalue weighted by atomic mass is 9.56. The van der Waals surface area contributed by atoms with E-state index in [0.29, 0.717) is 22.2 Å². The van der Waals surface area contributed by atoms with Crippen molar-refractivity contribution in [2.45, 2.75) is 28.5 Å². The summed E-state index contributed by atoms with van der Waals surface area (Å²) >= 11 is 17.8. The highest BCUT2D eigenvalue weighted by atomic mass is 79.9. The summed E-state index contributed by atoms with van der Waals surface area (Å²) in [6.07, 6.45) is 2.01. The maximum Gasteiger partial charge on any atom is 0.253 e. The van der Waals surface area contributed by atoms with Crippen molar-refractivity contribution >= 4 is 79.2 Å². The van der Waals surface area contributed by atoms with Crippen molar-refractivity contribution in [2.24, 2.45) is 17.8 Å². The van der Waals surface area contributed by atoms with Crippen molar-refractivity contribution in [3.05, 3.63) is 82.3 Å². The van der Waals surface area contributed by atoms with Gasteiger partial charge in [-0.15, -0.1) is 23.2 Å². The number of halogens is 3. The third-order valence-electron chi connectivity index (χ3n) is 9.34. The van der Waals surface area contributed by atoms with Gasteiger partial charge in [-0.2, -0.15) is 0 Å². The minimum atomic E-state index is -1.95. The minimum Gasteiger partial charge on any atom is -0.507 e. The van der Waals surface area contributed by atoms with Gasteiger partial charge in [0.2, 0.25) is 11.8 Å². The highest BCUT2D eigenvalue weighted by Gasteiger charge is 2.76. The van der Waals surface area contributed by atoms with Gasteiger partial charge in [-0.25, -0.2) is 0 Å². The highest BCUT2D eigenvalue weighted by Crippen LogP contribution is 2.66. The van der Waals surface area contributed by atoms with Gasteiger partial charge in [0, 0.05) is 28.4 Å². The number of aromatic hydroxyl groups is 1. The van der Waals surface area contributed by atoms with Gasteiger partial charge in [0.25, 0.3) is 11.8 Å². The molecule has 10 heteroatoms. The van der Waals surface area contributed by atoms with Crippen molar-refractivity contribution in [3.63, 3.8) is 0 Å². The number of alkyl halides is 2. The Kier molecular flexibility index (Phi) is 5.79. The number of amides is 4. The molecule has 2 saturated heterocycles. The van der Waals surface area contributed by atoms with Crippen LogP contribution in [-0.4, -0.2) is 50.4 Å². The van der Waals surface area contributed by atoms with Crippen LogP contribution in [0, 0.1) is 17.8 Å². The number of imide groups is 2. The van der Waals surface area contributed by atoms with Gasteiger partial charge in [-0.3, -0.25) is 29.0 Å². The molecule has 2 aliphatic carbocycles. The summed E-state index contributed by atoms with van der Waals surface area (Å²) in [5.41, 5.74) is 1.44. The lowest BCUT2D eigenvalue weighted by Crippen LogP contribution is -2.60. The van der Waals surface area contributed by atoms with Gasteiger partial charge in [0.05, 0.1) is 17.5 Å². The second-order valence-corrected chi connectivity index (χ2v) is 13.4. The van der Waals surface area contributed by atoms with Crippen LogP contribution in [0.1, 0.15) is 24.3 Å². The van der Waals surface area contributed by atoms with Crippen LogP contribution in [0.4, 0.5) is 5.69 Å². The molecule has 7 nitrogen and oxygen atoms in total. The highest BCUT2D eigenvalue weighted by molar-refractivity contribution is 9.10. The zero-order chi connectivity index (χ0) is 29.0. The Bertz CT molecular complexity index is 1740. The Labute approximate surface area is 253 Å². The quantitative estimate of drug-likeness (QED) is 0.224. The standard InChI is InChI=1S/C31H23BrCl2N2O5/c1-35-28(40)30(33)14-22-19(12-13-20-23(22)27(39)36(26(20)38)17-9-7-16(32)8-10-17)24(31(30,34)29(35)41)21-11-6-15-4-2-3-5-18(15)25(21)37/h2-12,20,22-24,37H,13-14H2,1H3/t20-,22+,23-,24+,30+,31-/m0/s1. The number of hydrogen-bond donors (Lipinski definition) is 1. The molecule has 41 heavy (non-hydrogen) atoms. The number of anilines is 1. The first-order chi connectivity index (χ1) is 19.5. The summed E-state index contributed by atoms with van der Waals surface area (Å²) in [5.74, 6) is -5.23.